The molecule has 0 aromatic heterocycles. The number of nitrogens with one attached hydrogen (secondary N) is 1. The summed E-state index contributed by atoms with van der Waals surface area (Å²) in [5.74, 6) is 0.619. The van der Waals surface area contributed by atoms with Crippen LogP contribution in [0.5, 0.6) is 11.5 Å². The first-order chi connectivity index (χ1) is 11.5. The number of hydrogen-bond acceptors (Lipinski definition) is 4. The van der Waals surface area contributed by atoms with Crippen LogP contribution in [-0.2, 0) is 4.79 Å². The summed E-state index contributed by atoms with van der Waals surface area (Å²) in [6, 6.07) is 13.6. The van der Waals surface area contributed by atoms with Crippen molar-refractivity contribution in [3.05, 3.63) is 58.6 Å². The molecule has 0 unspecified atom stereocenters. The third kappa shape index (κ3) is 4.51. The summed E-state index contributed by atoms with van der Waals surface area (Å²) in [7, 11) is 3.06. The van der Waals surface area contributed by atoms with Gasteiger partial charge in [-0.1, -0.05) is 11.6 Å². The monoisotopic (exact) mass is 342 g/mol. The fourth-order valence-corrected chi connectivity index (χ4v) is 2.09. The topological polar surface area (TPSA) is 71.3 Å². The molecule has 6 heteroatoms. The number of hydrogen-bond donors (Lipinski definition) is 1. The number of methoxy groups -OCH3 is 2. The van der Waals surface area contributed by atoms with Crippen LogP contribution in [0.3, 0.4) is 0 Å². The summed E-state index contributed by atoms with van der Waals surface area (Å²) in [6.45, 7) is 0. The van der Waals surface area contributed by atoms with E-state index >= 15 is 0 Å². The fourth-order valence-electron chi connectivity index (χ4n) is 1.96. The Morgan fingerprint density at radius 1 is 1.12 bits per heavy atom. The summed E-state index contributed by atoms with van der Waals surface area (Å²) >= 11 is 5.80. The van der Waals surface area contributed by atoms with Gasteiger partial charge in [-0.25, -0.2) is 0 Å². The summed E-state index contributed by atoms with van der Waals surface area (Å²) in [4.78, 5) is 12.2. The first-order valence-corrected chi connectivity index (χ1v) is 7.35. The molecule has 0 fully saturated rings. The van der Waals surface area contributed by atoms with Gasteiger partial charge in [-0.05, 0) is 48.0 Å². The van der Waals surface area contributed by atoms with Crippen molar-refractivity contribution < 1.29 is 14.3 Å². The second-order valence-electron chi connectivity index (χ2n) is 4.78. The number of carbonyl (C=O) groups is 1. The van der Waals surface area contributed by atoms with E-state index in [1.54, 1.807) is 42.5 Å². The SMILES string of the molecule is COc1cc(C=C(C#N)C(=O)Nc2ccc(Cl)cc2)cc(OC)c1. The number of amides is 1. The van der Waals surface area contributed by atoms with Crippen molar-refractivity contribution in [2.45, 2.75) is 0 Å². The number of rotatable bonds is 5. The van der Waals surface area contributed by atoms with E-state index in [1.165, 1.54) is 20.3 Å². The Bertz CT molecular complexity index is 786. The molecule has 0 atom stereocenters. The van der Waals surface area contributed by atoms with Gasteiger partial charge < -0.3 is 14.8 Å². The molecule has 0 aliphatic heterocycles. The van der Waals surface area contributed by atoms with Gasteiger partial charge in [0.25, 0.3) is 5.91 Å². The molecular weight excluding hydrogens is 328 g/mol. The molecule has 0 saturated carbocycles. The van der Waals surface area contributed by atoms with Crippen molar-refractivity contribution in [1.82, 2.24) is 0 Å². The van der Waals surface area contributed by atoms with E-state index < -0.39 is 5.91 Å². The van der Waals surface area contributed by atoms with Crippen molar-refractivity contribution in [3.8, 4) is 17.6 Å². The van der Waals surface area contributed by atoms with Crippen LogP contribution in [0.1, 0.15) is 5.56 Å². The Balaban J connectivity index is 2.26. The predicted octanol–water partition coefficient (Wildman–Crippen LogP) is 3.90. The highest BCUT2D eigenvalue weighted by atomic mass is 35.5. The van der Waals surface area contributed by atoms with Crippen LogP contribution in [0.15, 0.2) is 48.0 Å². The number of ether oxygens (including phenoxy) is 2. The van der Waals surface area contributed by atoms with Gasteiger partial charge in [-0.15, -0.1) is 0 Å². The quantitative estimate of drug-likeness (QED) is 0.660. The molecule has 1 amide bonds. The highest BCUT2D eigenvalue weighted by Gasteiger charge is 2.10. The first-order valence-electron chi connectivity index (χ1n) is 6.97. The molecule has 1 N–H and O–H groups in total. The van der Waals surface area contributed by atoms with E-state index in [-0.39, 0.29) is 5.57 Å². The fraction of sp³-hybridized carbons (Fsp3) is 0.111. The zero-order valence-electron chi connectivity index (χ0n) is 13.2. The molecule has 0 saturated heterocycles. The van der Waals surface area contributed by atoms with Gasteiger partial charge in [0.15, 0.2) is 0 Å². The van der Waals surface area contributed by atoms with Gasteiger partial charge in [0.2, 0.25) is 0 Å². The van der Waals surface area contributed by atoms with Gasteiger partial charge in [0.05, 0.1) is 14.2 Å². The maximum atomic E-state index is 12.2. The highest BCUT2D eigenvalue weighted by molar-refractivity contribution is 6.30. The Labute approximate surface area is 145 Å². The Kier molecular flexibility index (Phi) is 5.83. The lowest BCUT2D eigenvalue weighted by atomic mass is 10.1. The number of halogens is 1. The standard InChI is InChI=1S/C18H15ClN2O3/c1-23-16-8-12(9-17(10-16)24-2)7-13(11-20)18(22)21-15-5-3-14(19)4-6-15/h3-10H,1-2H3,(H,21,22). The predicted molar refractivity (Wildman–Crippen MR) is 93.2 cm³/mol. The van der Waals surface area contributed by atoms with E-state index in [1.807, 2.05) is 6.07 Å². The molecule has 0 radical (unpaired) electrons. The minimum absolute atomic E-state index is 0.0414. The summed E-state index contributed by atoms with van der Waals surface area (Å²) < 4.78 is 10.3. The van der Waals surface area contributed by atoms with Gasteiger partial charge in [0, 0.05) is 16.8 Å². The number of anilines is 1. The lowest BCUT2D eigenvalue weighted by Gasteiger charge is -2.07. The second kappa shape index (κ2) is 8.04. The molecule has 2 aromatic rings. The van der Waals surface area contributed by atoms with E-state index in [4.69, 9.17) is 21.1 Å². The van der Waals surface area contributed by atoms with Crippen LogP contribution >= 0.6 is 11.6 Å². The van der Waals surface area contributed by atoms with Gasteiger partial charge in [-0.3, -0.25) is 4.79 Å². The minimum atomic E-state index is -0.512. The molecule has 0 bridgehead atoms. The van der Waals surface area contributed by atoms with Crippen molar-refractivity contribution >= 4 is 29.3 Å². The Hall–Kier alpha value is -2.97. The van der Waals surface area contributed by atoms with Crippen LogP contribution in [0.25, 0.3) is 6.08 Å². The minimum Gasteiger partial charge on any atom is -0.497 e. The molecular formula is C18H15ClN2O3. The third-order valence-corrected chi connectivity index (χ3v) is 3.40. The van der Waals surface area contributed by atoms with Crippen LogP contribution < -0.4 is 14.8 Å². The summed E-state index contributed by atoms with van der Waals surface area (Å²) in [5, 5.41) is 12.5. The maximum absolute atomic E-state index is 12.2. The Morgan fingerprint density at radius 3 is 2.21 bits per heavy atom. The van der Waals surface area contributed by atoms with Gasteiger partial charge in [-0.2, -0.15) is 5.26 Å². The zero-order valence-corrected chi connectivity index (χ0v) is 13.9. The van der Waals surface area contributed by atoms with Crippen LogP contribution in [0.4, 0.5) is 5.69 Å². The lowest BCUT2D eigenvalue weighted by Crippen LogP contribution is -2.13. The van der Waals surface area contributed by atoms with Crippen molar-refractivity contribution in [2.75, 3.05) is 19.5 Å². The number of nitrogens with zero attached hydrogens (tertiary/aromatic N) is 1. The Morgan fingerprint density at radius 2 is 1.71 bits per heavy atom. The third-order valence-electron chi connectivity index (χ3n) is 3.15. The number of carbonyl (C=O) groups excluding carboxylic acids is 1. The summed E-state index contributed by atoms with van der Waals surface area (Å²) in [5.41, 5.74) is 1.13. The van der Waals surface area contributed by atoms with E-state index in [9.17, 15) is 10.1 Å². The molecule has 0 heterocycles. The molecule has 0 aliphatic carbocycles. The average molecular weight is 343 g/mol. The molecule has 5 nitrogen and oxygen atoms in total. The average Bonchev–Trinajstić information content (AvgIpc) is 2.61. The van der Waals surface area contributed by atoms with Crippen molar-refractivity contribution in [2.24, 2.45) is 0 Å². The van der Waals surface area contributed by atoms with Crippen LogP contribution in [0, 0.1) is 11.3 Å². The molecule has 0 spiro atoms. The van der Waals surface area contributed by atoms with Gasteiger partial charge >= 0.3 is 0 Å². The van der Waals surface area contributed by atoms with Crippen molar-refractivity contribution in [3.63, 3.8) is 0 Å². The maximum Gasteiger partial charge on any atom is 0.266 e. The van der Waals surface area contributed by atoms with Crippen molar-refractivity contribution in [1.29, 1.82) is 5.26 Å². The van der Waals surface area contributed by atoms with E-state index in [0.29, 0.717) is 27.8 Å². The summed E-state index contributed by atoms with van der Waals surface area (Å²) in [6.07, 6.45) is 1.47. The first kappa shape index (κ1) is 17.4. The normalized spacial score (nSPS) is 10.7. The van der Waals surface area contributed by atoms with Crippen LogP contribution in [0.2, 0.25) is 5.02 Å². The van der Waals surface area contributed by atoms with Gasteiger partial charge in [0.1, 0.15) is 23.1 Å². The second-order valence-corrected chi connectivity index (χ2v) is 5.21. The molecule has 2 aromatic carbocycles. The largest absolute Gasteiger partial charge is 0.497 e. The number of nitriles is 1. The lowest BCUT2D eigenvalue weighted by molar-refractivity contribution is -0.112. The molecule has 2 rings (SSSR count). The van der Waals surface area contributed by atoms with Crippen LogP contribution in [-0.4, -0.2) is 20.1 Å². The highest BCUT2D eigenvalue weighted by Crippen LogP contribution is 2.24. The number of benzene rings is 2. The zero-order chi connectivity index (χ0) is 17.5. The van der Waals surface area contributed by atoms with E-state index in [0.717, 1.165) is 0 Å². The molecule has 122 valence electrons. The van der Waals surface area contributed by atoms with E-state index in [2.05, 4.69) is 5.32 Å². The smallest absolute Gasteiger partial charge is 0.266 e. The molecule has 0 aliphatic rings. The molecule has 24 heavy (non-hydrogen) atoms.